The van der Waals surface area contributed by atoms with Crippen LogP contribution < -0.4 is 4.74 Å². The van der Waals surface area contributed by atoms with Crippen LogP contribution >= 0.6 is 11.8 Å². The van der Waals surface area contributed by atoms with Crippen LogP contribution in [0, 0.1) is 0 Å². The first kappa shape index (κ1) is 16.3. The molecule has 1 aromatic carbocycles. The fourth-order valence-corrected chi connectivity index (χ4v) is 6.84. The van der Waals surface area contributed by atoms with Gasteiger partial charge in [-0.25, -0.2) is 8.42 Å². The Bertz CT molecular complexity index is 718. The molecule has 2 fully saturated rings. The number of carbonyl (C=O) groups excluding carboxylic acids is 1. The Morgan fingerprint density at radius 2 is 2.09 bits per heavy atom. The van der Waals surface area contributed by atoms with Crippen molar-refractivity contribution in [1.29, 1.82) is 0 Å². The first-order valence-electron chi connectivity index (χ1n) is 7.41. The SMILES string of the molecule is CCN1C(=NC(=O)COc2ccccc2)S[C@@H]2CS(=O)(=O)C[C@H]21. The van der Waals surface area contributed by atoms with E-state index in [4.69, 9.17) is 4.74 Å². The maximum Gasteiger partial charge on any atom is 0.285 e. The van der Waals surface area contributed by atoms with Gasteiger partial charge in [-0.2, -0.15) is 4.99 Å². The molecule has 0 N–H and O–H groups in total. The van der Waals surface area contributed by atoms with Gasteiger partial charge in [0.2, 0.25) is 0 Å². The maximum absolute atomic E-state index is 12.0. The molecule has 0 bridgehead atoms. The minimum Gasteiger partial charge on any atom is -0.484 e. The Morgan fingerprint density at radius 3 is 2.78 bits per heavy atom. The zero-order valence-electron chi connectivity index (χ0n) is 12.7. The van der Waals surface area contributed by atoms with E-state index in [2.05, 4.69) is 4.99 Å². The Kier molecular flexibility index (Phi) is 4.63. The number of amidine groups is 1. The van der Waals surface area contributed by atoms with Crippen LogP contribution in [-0.2, 0) is 14.6 Å². The summed E-state index contributed by atoms with van der Waals surface area (Å²) in [6.45, 7) is 2.45. The zero-order chi connectivity index (χ0) is 16.4. The molecule has 0 aliphatic carbocycles. The highest BCUT2D eigenvalue weighted by molar-refractivity contribution is 8.15. The van der Waals surface area contributed by atoms with Crippen molar-refractivity contribution < 1.29 is 17.9 Å². The first-order valence-corrected chi connectivity index (χ1v) is 10.1. The van der Waals surface area contributed by atoms with Crippen LogP contribution in [0.4, 0.5) is 0 Å². The van der Waals surface area contributed by atoms with E-state index in [-0.39, 0.29) is 35.3 Å². The Hall–Kier alpha value is -1.54. The van der Waals surface area contributed by atoms with E-state index >= 15 is 0 Å². The van der Waals surface area contributed by atoms with Crippen LogP contribution in [0.25, 0.3) is 0 Å². The highest BCUT2D eigenvalue weighted by atomic mass is 32.2. The van der Waals surface area contributed by atoms with Gasteiger partial charge in [-0.05, 0) is 19.1 Å². The molecule has 1 amide bonds. The largest absolute Gasteiger partial charge is 0.484 e. The third kappa shape index (κ3) is 3.69. The molecule has 2 aliphatic heterocycles. The number of benzene rings is 1. The second-order valence-electron chi connectivity index (χ2n) is 5.48. The van der Waals surface area contributed by atoms with Gasteiger partial charge in [0.05, 0.1) is 17.5 Å². The molecule has 0 saturated carbocycles. The highest BCUT2D eigenvalue weighted by Crippen LogP contribution is 2.37. The lowest BCUT2D eigenvalue weighted by Gasteiger charge is -2.22. The molecule has 124 valence electrons. The fourth-order valence-electron chi connectivity index (χ4n) is 2.81. The lowest BCUT2D eigenvalue weighted by Crippen LogP contribution is -2.37. The monoisotopic (exact) mass is 354 g/mol. The van der Waals surface area contributed by atoms with Gasteiger partial charge >= 0.3 is 0 Å². The Labute approximate surface area is 139 Å². The maximum atomic E-state index is 12.0. The van der Waals surface area contributed by atoms with E-state index in [0.29, 0.717) is 17.5 Å². The number of carbonyl (C=O) groups is 1. The van der Waals surface area contributed by atoms with E-state index < -0.39 is 9.84 Å². The lowest BCUT2D eigenvalue weighted by atomic mass is 10.2. The summed E-state index contributed by atoms with van der Waals surface area (Å²) in [5.41, 5.74) is 0. The molecule has 1 aromatic rings. The van der Waals surface area contributed by atoms with Crippen LogP contribution in [-0.4, -0.2) is 60.3 Å². The van der Waals surface area contributed by atoms with E-state index in [1.54, 1.807) is 12.1 Å². The van der Waals surface area contributed by atoms with Gasteiger partial charge in [-0.1, -0.05) is 30.0 Å². The molecule has 0 radical (unpaired) electrons. The number of hydrogen-bond donors (Lipinski definition) is 0. The molecule has 6 nitrogen and oxygen atoms in total. The molecule has 2 atom stereocenters. The van der Waals surface area contributed by atoms with Crippen molar-refractivity contribution in [2.45, 2.75) is 18.2 Å². The number of sulfone groups is 1. The van der Waals surface area contributed by atoms with Gasteiger partial charge in [0, 0.05) is 11.8 Å². The summed E-state index contributed by atoms with van der Waals surface area (Å²) in [5, 5.41) is 0.584. The zero-order valence-corrected chi connectivity index (χ0v) is 14.3. The summed E-state index contributed by atoms with van der Waals surface area (Å²) in [6, 6.07) is 9.02. The van der Waals surface area contributed by atoms with E-state index in [1.807, 2.05) is 30.0 Å². The summed E-state index contributed by atoms with van der Waals surface area (Å²) >= 11 is 1.39. The summed E-state index contributed by atoms with van der Waals surface area (Å²) in [6.07, 6.45) is 0. The predicted molar refractivity (Wildman–Crippen MR) is 90.6 cm³/mol. The number of amides is 1. The average Bonchev–Trinajstić information content (AvgIpc) is 2.97. The predicted octanol–water partition coefficient (Wildman–Crippen LogP) is 1.18. The second kappa shape index (κ2) is 6.52. The van der Waals surface area contributed by atoms with E-state index in [1.165, 1.54) is 11.8 Å². The van der Waals surface area contributed by atoms with Crippen LogP contribution in [0.2, 0.25) is 0 Å². The van der Waals surface area contributed by atoms with E-state index in [9.17, 15) is 13.2 Å². The summed E-state index contributed by atoms with van der Waals surface area (Å²) in [7, 11) is -2.97. The third-order valence-corrected chi connectivity index (χ3v) is 7.09. The molecule has 3 rings (SSSR count). The lowest BCUT2D eigenvalue weighted by molar-refractivity contribution is -0.119. The average molecular weight is 354 g/mol. The number of nitrogens with zero attached hydrogens (tertiary/aromatic N) is 2. The van der Waals surface area contributed by atoms with Crippen LogP contribution in [0.1, 0.15) is 6.92 Å². The molecule has 2 saturated heterocycles. The van der Waals surface area contributed by atoms with E-state index in [0.717, 1.165) is 0 Å². The summed E-state index contributed by atoms with van der Waals surface area (Å²) in [5.74, 6) is 0.562. The van der Waals surface area contributed by atoms with Crippen LogP contribution in [0.15, 0.2) is 35.3 Å². The molecule has 23 heavy (non-hydrogen) atoms. The van der Waals surface area contributed by atoms with Crippen molar-refractivity contribution in [1.82, 2.24) is 4.90 Å². The molecule has 0 aromatic heterocycles. The normalized spacial score (nSPS) is 27.2. The molecule has 2 aliphatic rings. The number of rotatable bonds is 4. The van der Waals surface area contributed by atoms with Crippen LogP contribution in [0.5, 0.6) is 5.75 Å². The van der Waals surface area contributed by atoms with Crippen molar-refractivity contribution in [2.75, 3.05) is 24.7 Å². The smallest absolute Gasteiger partial charge is 0.285 e. The molecule has 2 heterocycles. The number of para-hydroxylation sites is 1. The minimum absolute atomic E-state index is 0.0264. The number of aliphatic imine (C=N–C) groups is 1. The van der Waals surface area contributed by atoms with Crippen molar-refractivity contribution in [3.8, 4) is 5.75 Å². The van der Waals surface area contributed by atoms with Gasteiger partial charge in [-0.15, -0.1) is 0 Å². The number of ether oxygens (including phenoxy) is 1. The summed E-state index contributed by atoms with van der Waals surface area (Å²) in [4.78, 5) is 18.0. The topological polar surface area (TPSA) is 76.0 Å². The Balaban J connectivity index is 1.64. The molecular formula is C15H18N2O4S2. The fraction of sp³-hybridized carbons (Fsp3) is 0.467. The van der Waals surface area contributed by atoms with Crippen molar-refractivity contribution in [3.05, 3.63) is 30.3 Å². The molecule has 0 spiro atoms. The standard InChI is InChI=1S/C15H18N2O4S2/c1-2-17-12-9-23(19,20)10-13(12)22-15(17)16-14(18)8-21-11-6-4-3-5-7-11/h3-7,12-13H,2,8-10H2,1H3/t12-,13-/m1/s1. The first-order chi connectivity index (χ1) is 11.0. The molecule has 0 unspecified atom stereocenters. The van der Waals surface area contributed by atoms with Gasteiger partial charge < -0.3 is 9.64 Å². The molecule has 8 heteroatoms. The summed E-state index contributed by atoms with van der Waals surface area (Å²) < 4.78 is 28.8. The minimum atomic E-state index is -2.97. The van der Waals surface area contributed by atoms with Gasteiger partial charge in [0.1, 0.15) is 5.75 Å². The van der Waals surface area contributed by atoms with Crippen molar-refractivity contribution in [3.63, 3.8) is 0 Å². The van der Waals surface area contributed by atoms with Crippen LogP contribution in [0.3, 0.4) is 0 Å². The van der Waals surface area contributed by atoms with Crippen molar-refractivity contribution >= 4 is 32.7 Å². The Morgan fingerprint density at radius 1 is 1.35 bits per heavy atom. The number of hydrogen-bond acceptors (Lipinski definition) is 5. The highest BCUT2D eigenvalue weighted by Gasteiger charge is 2.48. The van der Waals surface area contributed by atoms with Gasteiger partial charge in [-0.3, -0.25) is 4.79 Å². The third-order valence-electron chi connectivity index (χ3n) is 3.84. The quantitative estimate of drug-likeness (QED) is 0.808. The second-order valence-corrected chi connectivity index (χ2v) is 8.84. The van der Waals surface area contributed by atoms with Crippen molar-refractivity contribution in [2.24, 2.45) is 4.99 Å². The van der Waals surface area contributed by atoms with Gasteiger partial charge in [0.25, 0.3) is 5.91 Å². The number of fused-ring (bicyclic) bond motifs is 1. The van der Waals surface area contributed by atoms with Gasteiger partial charge in [0.15, 0.2) is 21.6 Å². The number of thioether (sulfide) groups is 1. The molecular weight excluding hydrogens is 336 g/mol.